The van der Waals surface area contributed by atoms with Crippen molar-refractivity contribution in [2.24, 2.45) is 5.41 Å². The number of hydrogen-bond donors (Lipinski definition) is 2. The normalized spacial score (nSPS) is 18.0. The van der Waals surface area contributed by atoms with Gasteiger partial charge in [-0.1, -0.05) is 44.0 Å². The molecule has 21 heavy (non-hydrogen) atoms. The summed E-state index contributed by atoms with van der Waals surface area (Å²) in [6, 6.07) is 7.04. The third kappa shape index (κ3) is 4.53. The average molecular weight is 311 g/mol. The van der Waals surface area contributed by atoms with Crippen molar-refractivity contribution in [1.82, 2.24) is 4.72 Å². The van der Waals surface area contributed by atoms with Crippen molar-refractivity contribution in [2.45, 2.75) is 51.4 Å². The van der Waals surface area contributed by atoms with E-state index in [2.05, 4.69) is 11.6 Å². The molecule has 118 valence electrons. The van der Waals surface area contributed by atoms with Crippen LogP contribution in [-0.4, -0.2) is 20.1 Å². The quantitative estimate of drug-likeness (QED) is 0.813. The molecular formula is C16H25NO3S. The molecule has 1 fully saturated rings. The van der Waals surface area contributed by atoms with Gasteiger partial charge >= 0.3 is 0 Å². The Balaban J connectivity index is 1.94. The standard InChI is InChI=1S/C16H25NO3S/c1-2-16(9-3-4-10-16)13-17-21(19,20)12-15-7-5-14(11-18)6-8-15/h5-8,17-18H,2-4,9-13H2,1H3. The Hall–Kier alpha value is -0.910. The summed E-state index contributed by atoms with van der Waals surface area (Å²) in [5, 5.41) is 8.99. The van der Waals surface area contributed by atoms with E-state index in [1.165, 1.54) is 12.8 Å². The minimum atomic E-state index is -3.30. The second kappa shape index (κ2) is 6.90. The maximum Gasteiger partial charge on any atom is 0.215 e. The lowest BCUT2D eigenvalue weighted by atomic mass is 9.84. The van der Waals surface area contributed by atoms with E-state index in [0.29, 0.717) is 6.54 Å². The molecule has 0 atom stereocenters. The van der Waals surface area contributed by atoms with Gasteiger partial charge < -0.3 is 5.11 Å². The fourth-order valence-electron chi connectivity index (χ4n) is 3.05. The van der Waals surface area contributed by atoms with E-state index in [4.69, 9.17) is 5.11 Å². The molecule has 0 saturated heterocycles. The van der Waals surface area contributed by atoms with Gasteiger partial charge in [0.1, 0.15) is 0 Å². The molecule has 1 aromatic carbocycles. The van der Waals surface area contributed by atoms with Gasteiger partial charge in [-0.15, -0.1) is 0 Å². The summed E-state index contributed by atoms with van der Waals surface area (Å²) in [5.41, 5.74) is 1.70. The molecule has 1 aliphatic carbocycles. The summed E-state index contributed by atoms with van der Waals surface area (Å²) in [4.78, 5) is 0. The molecule has 1 aliphatic rings. The van der Waals surface area contributed by atoms with E-state index in [1.54, 1.807) is 24.3 Å². The predicted molar refractivity (Wildman–Crippen MR) is 84.2 cm³/mol. The molecule has 0 unspecified atom stereocenters. The van der Waals surface area contributed by atoms with Crippen molar-refractivity contribution in [3.05, 3.63) is 35.4 Å². The first-order chi connectivity index (χ1) is 9.99. The lowest BCUT2D eigenvalue weighted by molar-refractivity contribution is 0.282. The molecule has 0 spiro atoms. The Morgan fingerprint density at radius 2 is 1.71 bits per heavy atom. The molecule has 1 saturated carbocycles. The number of aliphatic hydroxyl groups is 1. The highest BCUT2D eigenvalue weighted by atomic mass is 32.2. The van der Waals surface area contributed by atoms with E-state index in [1.807, 2.05) is 0 Å². The van der Waals surface area contributed by atoms with Crippen molar-refractivity contribution in [3.63, 3.8) is 0 Å². The maximum atomic E-state index is 12.2. The van der Waals surface area contributed by atoms with E-state index < -0.39 is 10.0 Å². The van der Waals surface area contributed by atoms with E-state index >= 15 is 0 Å². The summed E-state index contributed by atoms with van der Waals surface area (Å²) >= 11 is 0. The van der Waals surface area contributed by atoms with Crippen LogP contribution in [0.1, 0.15) is 50.2 Å². The van der Waals surface area contributed by atoms with Crippen molar-refractivity contribution in [1.29, 1.82) is 0 Å². The first kappa shape index (κ1) is 16.5. The Morgan fingerprint density at radius 3 is 2.24 bits per heavy atom. The molecule has 0 heterocycles. The van der Waals surface area contributed by atoms with Crippen molar-refractivity contribution in [2.75, 3.05) is 6.54 Å². The first-order valence-corrected chi connectivity index (χ1v) is 9.30. The summed E-state index contributed by atoms with van der Waals surface area (Å²) in [6.07, 6.45) is 5.69. The van der Waals surface area contributed by atoms with Gasteiger partial charge in [-0.05, 0) is 35.8 Å². The minimum Gasteiger partial charge on any atom is -0.392 e. The van der Waals surface area contributed by atoms with Crippen molar-refractivity contribution >= 4 is 10.0 Å². The first-order valence-electron chi connectivity index (χ1n) is 7.65. The number of benzene rings is 1. The van der Waals surface area contributed by atoms with Crippen molar-refractivity contribution < 1.29 is 13.5 Å². The molecule has 0 aromatic heterocycles. The Kier molecular flexibility index (Phi) is 5.41. The SMILES string of the molecule is CCC1(CNS(=O)(=O)Cc2ccc(CO)cc2)CCCC1. The Morgan fingerprint density at radius 1 is 1.14 bits per heavy atom. The number of hydrogen-bond acceptors (Lipinski definition) is 3. The smallest absolute Gasteiger partial charge is 0.215 e. The van der Waals surface area contributed by atoms with Crippen LogP contribution in [-0.2, 0) is 22.4 Å². The van der Waals surface area contributed by atoms with Crippen LogP contribution < -0.4 is 4.72 Å². The highest BCUT2D eigenvalue weighted by molar-refractivity contribution is 7.88. The predicted octanol–water partition coefficient (Wildman–Crippen LogP) is 2.57. The summed E-state index contributed by atoms with van der Waals surface area (Å²) in [7, 11) is -3.30. The monoisotopic (exact) mass is 311 g/mol. The van der Waals surface area contributed by atoms with Crippen LogP contribution >= 0.6 is 0 Å². The van der Waals surface area contributed by atoms with Crippen LogP contribution in [0.4, 0.5) is 0 Å². The Labute approximate surface area is 127 Å². The molecular weight excluding hydrogens is 286 g/mol. The lowest BCUT2D eigenvalue weighted by Gasteiger charge is -2.27. The fourth-order valence-corrected chi connectivity index (χ4v) is 4.31. The van der Waals surface area contributed by atoms with Crippen LogP contribution in [0.25, 0.3) is 0 Å². The molecule has 2 N–H and O–H groups in total. The van der Waals surface area contributed by atoms with Gasteiger partial charge in [0.2, 0.25) is 10.0 Å². The largest absolute Gasteiger partial charge is 0.392 e. The highest BCUT2D eigenvalue weighted by Gasteiger charge is 2.32. The third-order valence-corrected chi connectivity index (χ3v) is 5.94. The summed E-state index contributed by atoms with van der Waals surface area (Å²) in [5.74, 6) is -0.00149. The van der Waals surface area contributed by atoms with E-state index in [0.717, 1.165) is 30.4 Å². The third-order valence-electron chi connectivity index (χ3n) is 4.64. The van der Waals surface area contributed by atoms with Crippen molar-refractivity contribution in [3.8, 4) is 0 Å². The molecule has 0 amide bonds. The topological polar surface area (TPSA) is 66.4 Å². The van der Waals surface area contributed by atoms with E-state index in [9.17, 15) is 8.42 Å². The van der Waals surface area contributed by atoms with Gasteiger partial charge in [-0.2, -0.15) is 0 Å². The highest BCUT2D eigenvalue weighted by Crippen LogP contribution is 2.40. The molecule has 0 bridgehead atoms. The molecule has 1 aromatic rings. The van der Waals surface area contributed by atoms with Gasteiger partial charge in [0, 0.05) is 6.54 Å². The summed E-state index contributed by atoms with van der Waals surface area (Å²) in [6.45, 7) is 2.68. The number of sulfonamides is 1. The van der Waals surface area contributed by atoms with Gasteiger partial charge in [0.05, 0.1) is 12.4 Å². The molecule has 5 heteroatoms. The zero-order chi connectivity index (χ0) is 15.3. The molecule has 0 radical (unpaired) electrons. The van der Waals surface area contributed by atoms with Crippen LogP contribution in [0.15, 0.2) is 24.3 Å². The lowest BCUT2D eigenvalue weighted by Crippen LogP contribution is -2.36. The van der Waals surface area contributed by atoms with Gasteiger partial charge in [-0.3, -0.25) is 0 Å². The number of nitrogens with one attached hydrogen (secondary N) is 1. The van der Waals surface area contributed by atoms with Gasteiger partial charge in [-0.25, -0.2) is 13.1 Å². The second-order valence-corrected chi connectivity index (χ2v) is 7.92. The van der Waals surface area contributed by atoms with Crippen LogP contribution in [0.2, 0.25) is 0 Å². The molecule has 4 nitrogen and oxygen atoms in total. The summed E-state index contributed by atoms with van der Waals surface area (Å²) < 4.78 is 27.2. The van der Waals surface area contributed by atoms with Crippen LogP contribution in [0.3, 0.4) is 0 Å². The van der Waals surface area contributed by atoms with Crippen LogP contribution in [0.5, 0.6) is 0 Å². The Bertz CT molecular complexity index is 545. The zero-order valence-corrected chi connectivity index (χ0v) is 13.5. The second-order valence-electron chi connectivity index (χ2n) is 6.12. The number of rotatable bonds is 7. The van der Waals surface area contributed by atoms with Gasteiger partial charge in [0.25, 0.3) is 0 Å². The van der Waals surface area contributed by atoms with E-state index in [-0.39, 0.29) is 17.8 Å². The average Bonchev–Trinajstić information content (AvgIpc) is 2.95. The number of aliphatic hydroxyl groups excluding tert-OH is 1. The minimum absolute atomic E-state index is 0.00149. The fraction of sp³-hybridized carbons (Fsp3) is 0.625. The maximum absolute atomic E-state index is 12.2. The zero-order valence-electron chi connectivity index (χ0n) is 12.6. The van der Waals surface area contributed by atoms with Crippen LogP contribution in [0, 0.1) is 5.41 Å². The molecule has 2 rings (SSSR count). The molecule has 0 aliphatic heterocycles. The van der Waals surface area contributed by atoms with Gasteiger partial charge in [0.15, 0.2) is 0 Å².